The maximum atomic E-state index is 14.2. The van der Waals surface area contributed by atoms with Crippen LogP contribution in [0.15, 0.2) is 91.1 Å². The molecule has 3 aromatic carbocycles. The van der Waals surface area contributed by atoms with Crippen LogP contribution in [0, 0.1) is 11.3 Å². The van der Waals surface area contributed by atoms with Crippen LogP contribution in [-0.4, -0.2) is 57.3 Å². The van der Waals surface area contributed by atoms with E-state index in [2.05, 4.69) is 11.1 Å². The van der Waals surface area contributed by atoms with Gasteiger partial charge < -0.3 is 9.80 Å². The third kappa shape index (κ3) is 3.36. The van der Waals surface area contributed by atoms with Gasteiger partial charge in [-0.1, -0.05) is 84.9 Å². The van der Waals surface area contributed by atoms with Gasteiger partial charge in [-0.25, -0.2) is 14.7 Å². The van der Waals surface area contributed by atoms with Crippen molar-refractivity contribution in [2.45, 2.75) is 30.5 Å². The van der Waals surface area contributed by atoms with Gasteiger partial charge in [-0.2, -0.15) is 5.26 Å². The largest absolute Gasteiger partial charge is 0.334 e. The number of carbonyl (C=O) groups excluding carboxylic acids is 3. The third-order valence-corrected chi connectivity index (χ3v) is 8.18. The molecule has 1 aromatic heterocycles. The molecule has 7 rings (SSSR count). The highest BCUT2D eigenvalue weighted by molar-refractivity contribution is 6.25. The van der Waals surface area contributed by atoms with Crippen LogP contribution in [0.4, 0.5) is 10.5 Å². The van der Waals surface area contributed by atoms with Crippen molar-refractivity contribution in [1.82, 2.24) is 14.8 Å². The van der Waals surface area contributed by atoms with Gasteiger partial charge in [-0.3, -0.25) is 9.59 Å². The first-order valence-corrected chi connectivity index (χ1v) is 12.9. The molecule has 3 aliphatic rings. The Labute approximate surface area is 224 Å². The van der Waals surface area contributed by atoms with Crippen LogP contribution in [0.3, 0.4) is 0 Å². The monoisotopic (exact) mass is 513 g/mol. The van der Waals surface area contributed by atoms with Crippen molar-refractivity contribution in [2.24, 2.45) is 0 Å². The molecule has 0 radical (unpaired) electrons. The lowest BCUT2D eigenvalue weighted by atomic mass is 9.89. The minimum Gasteiger partial charge on any atom is -0.334 e. The molecular formula is C31H23N5O3. The van der Waals surface area contributed by atoms with Crippen molar-refractivity contribution < 1.29 is 14.4 Å². The Kier molecular flexibility index (Phi) is 5.20. The molecule has 8 heteroatoms. The van der Waals surface area contributed by atoms with Crippen molar-refractivity contribution in [3.8, 4) is 6.07 Å². The minimum atomic E-state index is -0.748. The molecule has 190 valence electrons. The molecule has 8 nitrogen and oxygen atoms in total. The molecule has 39 heavy (non-hydrogen) atoms. The summed E-state index contributed by atoms with van der Waals surface area (Å²) in [4.78, 5) is 50.6. The summed E-state index contributed by atoms with van der Waals surface area (Å²) in [7, 11) is 0. The molecule has 0 N–H and O–H groups in total. The minimum absolute atomic E-state index is 0.0660. The summed E-state index contributed by atoms with van der Waals surface area (Å²) in [5, 5.41) is 10.7. The fraction of sp³-hybridized carbons (Fsp3) is 0.194. The zero-order chi connectivity index (χ0) is 26.7. The second kappa shape index (κ2) is 8.77. The van der Waals surface area contributed by atoms with Gasteiger partial charge in [0.25, 0.3) is 5.91 Å². The topological polar surface area (TPSA) is 97.6 Å². The number of aromatic nitrogens is 1. The van der Waals surface area contributed by atoms with E-state index in [0.717, 1.165) is 11.1 Å². The summed E-state index contributed by atoms with van der Waals surface area (Å²) >= 11 is 0. The lowest BCUT2D eigenvalue weighted by molar-refractivity contribution is -0.136. The number of imide groups is 1. The molecule has 3 saturated heterocycles. The number of benzene rings is 3. The number of hydrogen-bond acceptors (Lipinski definition) is 5. The predicted molar refractivity (Wildman–Crippen MR) is 144 cm³/mol. The van der Waals surface area contributed by atoms with Crippen LogP contribution >= 0.6 is 0 Å². The second-order valence-corrected chi connectivity index (χ2v) is 10.2. The predicted octanol–water partition coefficient (Wildman–Crippen LogP) is 4.06. The number of amides is 4. The van der Waals surface area contributed by atoms with Gasteiger partial charge in [-0.05, 0) is 17.5 Å². The average molecular weight is 514 g/mol. The van der Waals surface area contributed by atoms with Crippen molar-refractivity contribution in [3.63, 3.8) is 0 Å². The number of pyridine rings is 1. The number of hydrogen-bond donors (Lipinski definition) is 0. The van der Waals surface area contributed by atoms with Crippen molar-refractivity contribution in [2.75, 3.05) is 11.4 Å². The highest BCUT2D eigenvalue weighted by Gasteiger charge is 2.63. The Hall–Kier alpha value is -5.03. The van der Waals surface area contributed by atoms with Gasteiger partial charge in [0.2, 0.25) is 5.91 Å². The number of anilines is 1. The Bertz CT molecular complexity index is 1640. The summed E-state index contributed by atoms with van der Waals surface area (Å²) in [6, 6.07) is 26.7. The SMILES string of the molecule is N#Cc1ncc(N2C(=O)C3C4C[C@H](CN4C(=O)C(c4ccccc4)c4ccccc4)N3C2=O)c2ccccc12. The van der Waals surface area contributed by atoms with Crippen LogP contribution in [0.1, 0.15) is 29.2 Å². The molecule has 2 bridgehead atoms. The molecule has 4 amide bonds. The molecular weight excluding hydrogens is 490 g/mol. The van der Waals surface area contributed by atoms with Crippen LogP contribution in [0.5, 0.6) is 0 Å². The summed E-state index contributed by atoms with van der Waals surface area (Å²) in [6.45, 7) is 0.384. The van der Waals surface area contributed by atoms with E-state index in [4.69, 9.17) is 0 Å². The standard InChI is InChI=1S/C31H23N5O3/c32-16-24-22-13-7-8-14-23(22)26(17-33-24)36-30(38)28-25-15-21(35(28)31(36)39)18-34(25)29(37)27(19-9-3-1-4-10-19)20-11-5-2-6-12-20/h1-14,17,21,25,27-28H,15,18H2/t21-,25?,28?/m1/s1. The maximum absolute atomic E-state index is 14.2. The highest BCUT2D eigenvalue weighted by atomic mass is 16.2. The molecule has 2 unspecified atom stereocenters. The lowest BCUT2D eigenvalue weighted by Gasteiger charge is -2.37. The van der Waals surface area contributed by atoms with E-state index in [9.17, 15) is 19.6 Å². The van der Waals surface area contributed by atoms with Gasteiger partial charge >= 0.3 is 6.03 Å². The first-order valence-electron chi connectivity index (χ1n) is 12.9. The number of nitriles is 1. The first kappa shape index (κ1) is 23.1. The van der Waals surface area contributed by atoms with E-state index in [1.54, 1.807) is 34.1 Å². The Morgan fingerprint density at radius 1 is 0.897 bits per heavy atom. The van der Waals surface area contributed by atoms with E-state index in [0.29, 0.717) is 29.4 Å². The Morgan fingerprint density at radius 2 is 1.51 bits per heavy atom. The molecule has 4 aromatic rings. The molecule has 0 spiro atoms. The highest BCUT2D eigenvalue weighted by Crippen LogP contribution is 2.45. The Morgan fingerprint density at radius 3 is 2.15 bits per heavy atom. The number of urea groups is 1. The van der Waals surface area contributed by atoms with Crippen LogP contribution in [0.2, 0.25) is 0 Å². The Balaban J connectivity index is 1.24. The quantitative estimate of drug-likeness (QED) is 0.384. The van der Waals surface area contributed by atoms with Crippen LogP contribution in [0.25, 0.3) is 10.8 Å². The number of carbonyl (C=O) groups is 3. The van der Waals surface area contributed by atoms with E-state index >= 15 is 0 Å². The molecule has 0 aliphatic carbocycles. The maximum Gasteiger partial charge on any atom is 0.332 e. The zero-order valence-corrected chi connectivity index (χ0v) is 20.8. The molecule has 4 heterocycles. The average Bonchev–Trinajstić information content (AvgIpc) is 3.65. The van der Waals surface area contributed by atoms with E-state index in [1.807, 2.05) is 60.7 Å². The van der Waals surface area contributed by atoms with Gasteiger partial charge in [0.05, 0.1) is 29.9 Å². The third-order valence-electron chi connectivity index (χ3n) is 8.18. The second-order valence-electron chi connectivity index (χ2n) is 10.2. The fourth-order valence-corrected chi connectivity index (χ4v) is 6.51. The van der Waals surface area contributed by atoms with E-state index in [-0.39, 0.29) is 23.6 Å². The summed E-state index contributed by atoms with van der Waals surface area (Å²) < 4.78 is 0. The zero-order valence-electron chi connectivity index (χ0n) is 20.8. The molecule has 0 saturated carbocycles. The lowest BCUT2D eigenvalue weighted by Crippen LogP contribution is -2.55. The number of nitrogens with zero attached hydrogens (tertiary/aromatic N) is 5. The fourth-order valence-electron chi connectivity index (χ4n) is 6.51. The molecule has 3 atom stereocenters. The summed E-state index contributed by atoms with van der Waals surface area (Å²) in [5.41, 5.74) is 2.37. The summed E-state index contributed by atoms with van der Waals surface area (Å²) in [6.07, 6.45) is 1.99. The van der Waals surface area contributed by atoms with Crippen molar-refractivity contribution in [3.05, 3.63) is 108 Å². The van der Waals surface area contributed by atoms with Crippen LogP contribution < -0.4 is 4.90 Å². The number of piperazine rings is 1. The number of fused-ring (bicyclic) bond motifs is 6. The normalized spacial score (nSPS) is 21.6. The van der Waals surface area contributed by atoms with Crippen molar-refractivity contribution in [1.29, 1.82) is 5.26 Å². The van der Waals surface area contributed by atoms with Gasteiger partial charge in [0, 0.05) is 17.3 Å². The van der Waals surface area contributed by atoms with Crippen LogP contribution in [-0.2, 0) is 9.59 Å². The first-order chi connectivity index (χ1) is 19.1. The van der Waals surface area contributed by atoms with Gasteiger partial charge in [0.1, 0.15) is 17.8 Å². The molecule has 3 fully saturated rings. The molecule has 3 aliphatic heterocycles. The van der Waals surface area contributed by atoms with Crippen molar-refractivity contribution >= 4 is 34.3 Å². The van der Waals surface area contributed by atoms with E-state index in [1.165, 1.54) is 11.1 Å². The van der Waals surface area contributed by atoms with Gasteiger partial charge in [-0.15, -0.1) is 0 Å². The smallest absolute Gasteiger partial charge is 0.332 e. The summed E-state index contributed by atoms with van der Waals surface area (Å²) in [5.74, 6) is -0.934. The number of rotatable bonds is 4. The van der Waals surface area contributed by atoms with Gasteiger partial charge in [0.15, 0.2) is 0 Å². The number of likely N-dealkylation sites (tertiary alicyclic amines) is 1. The van der Waals surface area contributed by atoms with E-state index < -0.39 is 24.0 Å².